The number of nitrogens with zero attached hydrogens (tertiary/aromatic N) is 5. The van der Waals surface area contributed by atoms with E-state index in [1.54, 1.807) is 0 Å². The van der Waals surface area contributed by atoms with E-state index in [0.717, 1.165) is 0 Å². The number of anilines is 1. The van der Waals surface area contributed by atoms with Gasteiger partial charge in [0, 0.05) is 5.69 Å². The number of thiazole rings is 1. The first-order valence-corrected chi connectivity index (χ1v) is 9.16. The number of hydrogen-bond donors (Lipinski definition) is 2. The first-order valence-electron chi connectivity index (χ1n) is 7.59. The van der Waals surface area contributed by atoms with E-state index in [-0.39, 0.29) is 27.9 Å². The molecule has 0 aliphatic carbocycles. The zero-order chi connectivity index (χ0) is 19.1. The quantitative estimate of drug-likeness (QED) is 0.517. The van der Waals surface area contributed by atoms with Crippen LogP contribution in [-0.4, -0.2) is 29.9 Å². The van der Waals surface area contributed by atoms with Crippen molar-refractivity contribution in [3.8, 4) is 5.82 Å². The van der Waals surface area contributed by atoms with Crippen molar-refractivity contribution in [2.24, 2.45) is 0 Å². The number of benzene rings is 1. The summed E-state index contributed by atoms with van der Waals surface area (Å²) in [5, 5.41) is 14.0. The van der Waals surface area contributed by atoms with Crippen LogP contribution in [0.2, 0.25) is 9.49 Å². The second-order valence-corrected chi connectivity index (χ2v) is 7.58. The van der Waals surface area contributed by atoms with Crippen LogP contribution in [0.4, 0.5) is 10.1 Å². The zero-order valence-corrected chi connectivity index (χ0v) is 15.9. The minimum absolute atomic E-state index is 0.0294. The summed E-state index contributed by atoms with van der Waals surface area (Å²) in [6.07, 6.45) is 2.58. The summed E-state index contributed by atoms with van der Waals surface area (Å²) in [6.45, 7) is 1.82. The number of halogens is 3. The number of aromatic amines is 1. The molecule has 1 aromatic carbocycles. The summed E-state index contributed by atoms with van der Waals surface area (Å²) in [5.74, 6) is -0.365. The highest BCUT2D eigenvalue weighted by Gasteiger charge is 2.16. The van der Waals surface area contributed by atoms with Gasteiger partial charge < -0.3 is 5.32 Å². The third-order valence-electron chi connectivity index (χ3n) is 3.78. The Bertz CT molecular complexity index is 1170. The molecule has 1 unspecified atom stereocenters. The Morgan fingerprint density at radius 3 is 2.85 bits per heavy atom. The fourth-order valence-electron chi connectivity index (χ4n) is 2.54. The molecule has 1 atom stereocenters. The van der Waals surface area contributed by atoms with Crippen LogP contribution in [0.1, 0.15) is 18.0 Å². The third-order valence-corrected chi connectivity index (χ3v) is 5.70. The Labute approximate surface area is 165 Å². The number of fused-ring (bicyclic) bond motifs is 1. The highest BCUT2D eigenvalue weighted by molar-refractivity contribution is 7.16. The molecule has 0 aliphatic heterocycles. The van der Waals surface area contributed by atoms with E-state index in [0.29, 0.717) is 15.0 Å². The summed E-state index contributed by atoms with van der Waals surface area (Å²) in [6, 6.07) is 2.49. The lowest BCUT2D eigenvalue weighted by Crippen LogP contribution is -2.20. The van der Waals surface area contributed by atoms with Crippen LogP contribution < -0.4 is 10.9 Å². The Morgan fingerprint density at radius 2 is 2.19 bits per heavy atom. The van der Waals surface area contributed by atoms with E-state index < -0.39 is 11.4 Å². The normalized spacial score (nSPS) is 12.4. The van der Waals surface area contributed by atoms with Crippen molar-refractivity contribution < 1.29 is 4.39 Å². The minimum Gasteiger partial charge on any atom is -0.376 e. The summed E-state index contributed by atoms with van der Waals surface area (Å²) in [4.78, 5) is 20.9. The van der Waals surface area contributed by atoms with Gasteiger partial charge in [-0.1, -0.05) is 23.2 Å². The molecule has 4 rings (SSSR count). The predicted molar refractivity (Wildman–Crippen MR) is 101 cm³/mol. The predicted octanol–water partition coefficient (Wildman–Crippen LogP) is 3.58. The molecule has 4 aromatic rings. The van der Waals surface area contributed by atoms with Gasteiger partial charge in [-0.2, -0.15) is 10.3 Å². The number of hydrogen-bond acceptors (Lipinski definition) is 7. The van der Waals surface area contributed by atoms with Crippen molar-refractivity contribution in [3.05, 3.63) is 55.3 Å². The van der Waals surface area contributed by atoms with Crippen LogP contribution in [0.25, 0.3) is 16.7 Å². The maximum atomic E-state index is 14.5. The SMILES string of the molecule is CC(Nc1cc(F)c2ncn(-c3cn[nH]n3)c(=O)c2c1)c1nc(Cl)c(Cl)s1. The molecule has 138 valence electrons. The molecule has 0 radical (unpaired) electrons. The fraction of sp³-hybridized carbons (Fsp3) is 0.133. The van der Waals surface area contributed by atoms with E-state index in [2.05, 4.69) is 30.7 Å². The lowest BCUT2D eigenvalue weighted by Gasteiger charge is -2.13. The van der Waals surface area contributed by atoms with Crippen molar-refractivity contribution in [1.82, 2.24) is 29.9 Å². The van der Waals surface area contributed by atoms with Crippen molar-refractivity contribution in [1.29, 1.82) is 0 Å². The Morgan fingerprint density at radius 1 is 1.37 bits per heavy atom. The molecule has 3 aromatic heterocycles. The maximum Gasteiger partial charge on any atom is 0.267 e. The smallest absolute Gasteiger partial charge is 0.267 e. The second kappa shape index (κ2) is 6.87. The standard InChI is InChI=1S/C15H10Cl2FN7OS/c1-6(14-22-12(16)13(17)27-14)21-7-2-8-11(9(18)3-7)19-5-25(15(8)26)10-4-20-24-23-10/h2-6,21H,1H3,(H,20,23,24). The van der Waals surface area contributed by atoms with E-state index in [1.165, 1.54) is 40.6 Å². The maximum absolute atomic E-state index is 14.5. The Kier molecular flexibility index (Phi) is 4.54. The fourth-order valence-corrected chi connectivity index (χ4v) is 3.77. The topological polar surface area (TPSA) is 101 Å². The number of aromatic nitrogens is 6. The zero-order valence-electron chi connectivity index (χ0n) is 13.6. The molecule has 0 saturated heterocycles. The lowest BCUT2D eigenvalue weighted by atomic mass is 10.2. The van der Waals surface area contributed by atoms with Gasteiger partial charge in [-0.15, -0.1) is 16.4 Å². The molecular formula is C15H10Cl2FN7OS. The van der Waals surface area contributed by atoms with Gasteiger partial charge in [0.1, 0.15) is 21.2 Å². The van der Waals surface area contributed by atoms with Crippen molar-refractivity contribution in [2.45, 2.75) is 13.0 Å². The van der Waals surface area contributed by atoms with Gasteiger partial charge in [-0.3, -0.25) is 4.79 Å². The molecule has 0 amide bonds. The van der Waals surface area contributed by atoms with Crippen molar-refractivity contribution in [2.75, 3.05) is 5.32 Å². The van der Waals surface area contributed by atoms with Crippen LogP contribution in [0.3, 0.4) is 0 Å². The van der Waals surface area contributed by atoms with Gasteiger partial charge in [0.25, 0.3) is 5.56 Å². The number of rotatable bonds is 4. The Hall–Kier alpha value is -2.56. The summed E-state index contributed by atoms with van der Waals surface area (Å²) in [5.41, 5.74) is -0.102. The highest BCUT2D eigenvalue weighted by Crippen LogP contribution is 2.33. The monoisotopic (exact) mass is 425 g/mol. The van der Waals surface area contributed by atoms with Gasteiger partial charge in [-0.25, -0.2) is 18.9 Å². The molecule has 0 fully saturated rings. The van der Waals surface area contributed by atoms with E-state index in [1.807, 2.05) is 6.92 Å². The molecule has 27 heavy (non-hydrogen) atoms. The van der Waals surface area contributed by atoms with Gasteiger partial charge in [0.05, 0.1) is 17.6 Å². The minimum atomic E-state index is -0.623. The Balaban J connectivity index is 1.75. The van der Waals surface area contributed by atoms with E-state index in [9.17, 15) is 9.18 Å². The highest BCUT2D eigenvalue weighted by atomic mass is 35.5. The van der Waals surface area contributed by atoms with Crippen LogP contribution in [-0.2, 0) is 0 Å². The molecule has 12 heteroatoms. The van der Waals surface area contributed by atoms with Crippen LogP contribution in [0.15, 0.2) is 29.5 Å². The van der Waals surface area contributed by atoms with Crippen molar-refractivity contribution in [3.63, 3.8) is 0 Å². The molecule has 0 aliphatic rings. The number of H-pyrrole nitrogens is 1. The third kappa shape index (κ3) is 3.27. The summed E-state index contributed by atoms with van der Waals surface area (Å²) in [7, 11) is 0. The second-order valence-electron chi connectivity index (χ2n) is 5.58. The summed E-state index contributed by atoms with van der Waals surface area (Å²) < 4.78 is 16.0. The summed E-state index contributed by atoms with van der Waals surface area (Å²) >= 11 is 13.0. The number of nitrogens with one attached hydrogen (secondary N) is 2. The van der Waals surface area contributed by atoms with Gasteiger partial charge in [0.2, 0.25) is 0 Å². The molecule has 3 heterocycles. The molecular weight excluding hydrogens is 416 g/mol. The first-order chi connectivity index (χ1) is 12.9. The van der Waals surface area contributed by atoms with Gasteiger partial charge in [-0.05, 0) is 19.1 Å². The van der Waals surface area contributed by atoms with Crippen molar-refractivity contribution >= 4 is 51.1 Å². The first kappa shape index (κ1) is 17.8. The molecule has 2 N–H and O–H groups in total. The average Bonchev–Trinajstić information content (AvgIpc) is 3.26. The lowest BCUT2D eigenvalue weighted by molar-refractivity contribution is 0.635. The van der Waals surface area contributed by atoms with E-state index in [4.69, 9.17) is 23.2 Å². The molecule has 0 bridgehead atoms. The van der Waals surface area contributed by atoms with E-state index >= 15 is 0 Å². The molecule has 0 spiro atoms. The van der Waals surface area contributed by atoms with Crippen LogP contribution in [0, 0.1) is 5.82 Å². The van der Waals surface area contributed by atoms with Crippen LogP contribution >= 0.6 is 34.5 Å². The molecule has 0 saturated carbocycles. The molecule has 8 nitrogen and oxygen atoms in total. The van der Waals surface area contributed by atoms with Gasteiger partial charge >= 0.3 is 0 Å². The van der Waals surface area contributed by atoms with Gasteiger partial charge in [0.15, 0.2) is 16.8 Å². The largest absolute Gasteiger partial charge is 0.376 e. The van der Waals surface area contributed by atoms with Crippen LogP contribution in [0.5, 0.6) is 0 Å². The average molecular weight is 426 g/mol.